The Morgan fingerprint density at radius 1 is 1.20 bits per heavy atom. The number of phenols is 1. The molecule has 4 N–H and O–H groups in total. The van der Waals surface area contributed by atoms with Crippen LogP contribution in [0.4, 0.5) is 15.2 Å². The summed E-state index contributed by atoms with van der Waals surface area (Å²) in [4.78, 5) is 9.20. The first-order chi connectivity index (χ1) is 19.2. The maximum absolute atomic E-state index is 13.8. The fourth-order valence-corrected chi connectivity index (χ4v) is 6.47. The average Bonchev–Trinajstić information content (AvgIpc) is 3.59. The van der Waals surface area contributed by atoms with Crippen LogP contribution in [0.3, 0.4) is 0 Å². The van der Waals surface area contributed by atoms with Gasteiger partial charge in [0.1, 0.15) is 11.5 Å². The number of rotatable bonds is 9. The van der Waals surface area contributed by atoms with E-state index in [1.54, 1.807) is 43.5 Å². The predicted octanol–water partition coefficient (Wildman–Crippen LogP) is 5.82. The number of nitrogens with zero attached hydrogens (tertiary/aromatic N) is 3. The first-order valence-electron chi connectivity index (χ1n) is 11.7. The van der Waals surface area contributed by atoms with Crippen molar-refractivity contribution in [3.05, 3.63) is 82.9 Å². The number of anilines is 2. The summed E-state index contributed by atoms with van der Waals surface area (Å²) in [5.41, 5.74) is 2.97. The van der Waals surface area contributed by atoms with Gasteiger partial charge in [-0.25, -0.2) is 14.4 Å². The molecule has 0 spiro atoms. The smallest absolute Gasteiger partial charge is 0.281 e. The zero-order valence-electron chi connectivity index (χ0n) is 21.1. The van der Waals surface area contributed by atoms with Crippen LogP contribution in [0.25, 0.3) is 21.8 Å². The molecule has 0 radical (unpaired) electrons. The van der Waals surface area contributed by atoms with Crippen LogP contribution in [0.15, 0.2) is 66.0 Å². The van der Waals surface area contributed by atoms with Gasteiger partial charge in [-0.15, -0.1) is 0 Å². The van der Waals surface area contributed by atoms with Crippen LogP contribution in [0.5, 0.6) is 11.5 Å². The molecule has 0 saturated heterocycles. The van der Waals surface area contributed by atoms with Gasteiger partial charge in [0, 0.05) is 23.9 Å². The monoisotopic (exact) mass is 600 g/mol. The number of nitrogens with one attached hydrogen (secondary N) is 3. The van der Waals surface area contributed by atoms with Gasteiger partial charge in [0.15, 0.2) is 21.7 Å². The fraction of sp³-hybridized carbons (Fsp3) is 0.115. The molecule has 0 fully saturated rings. The third-order valence-electron chi connectivity index (χ3n) is 5.85. The highest BCUT2D eigenvalue weighted by atomic mass is 35.5. The van der Waals surface area contributed by atoms with Crippen LogP contribution in [-0.4, -0.2) is 40.8 Å². The van der Waals surface area contributed by atoms with Crippen LogP contribution in [0, 0.1) is 12.7 Å². The number of sulfonamides is 1. The Morgan fingerprint density at radius 3 is 2.73 bits per heavy atom. The minimum Gasteiger partial charge on any atom is -0.504 e. The summed E-state index contributed by atoms with van der Waals surface area (Å²) in [7, 11) is -2.66. The van der Waals surface area contributed by atoms with Gasteiger partial charge in [-0.05, 0) is 48.9 Å². The lowest BCUT2D eigenvalue weighted by Gasteiger charge is -2.12. The maximum atomic E-state index is 13.8. The molecule has 0 aliphatic rings. The molecule has 10 nitrogen and oxygen atoms in total. The summed E-state index contributed by atoms with van der Waals surface area (Å²) in [6, 6.07) is 12.6. The number of H-pyrrole nitrogens is 1. The highest BCUT2D eigenvalue weighted by Gasteiger charge is 2.24. The number of pyridine rings is 1. The second kappa shape index (κ2) is 11.1. The molecule has 14 heteroatoms. The Labute approximate surface area is 237 Å². The highest BCUT2D eigenvalue weighted by Crippen LogP contribution is 2.40. The van der Waals surface area contributed by atoms with E-state index in [0.29, 0.717) is 44.4 Å². The standard InChI is InChI=1S/C26H22ClFN6O4S2/c1-14-10-17(29-12-16-4-3-5-21(38-2)23(16)35)13-30-25(14)40(36,37)34-26-32-22(15-6-7-19(28)18(27)11-15)24(39-26)20-8-9-31-33-20/h3-11,13,29,35H,12H2,1-2H3,(H,31,33)(H,32,34). The van der Waals surface area contributed by atoms with Crippen molar-refractivity contribution >= 4 is 43.8 Å². The Kier molecular flexibility index (Phi) is 7.61. The molecular weight excluding hydrogens is 579 g/mol. The Balaban J connectivity index is 1.40. The van der Waals surface area contributed by atoms with E-state index in [1.165, 1.54) is 31.5 Å². The van der Waals surface area contributed by atoms with E-state index in [9.17, 15) is 17.9 Å². The van der Waals surface area contributed by atoms with Crippen molar-refractivity contribution in [2.24, 2.45) is 0 Å². The largest absolute Gasteiger partial charge is 0.504 e. The highest BCUT2D eigenvalue weighted by molar-refractivity contribution is 7.92. The molecule has 2 aromatic carbocycles. The third-order valence-corrected chi connectivity index (χ3v) is 8.66. The first-order valence-corrected chi connectivity index (χ1v) is 14.4. The van der Waals surface area contributed by atoms with Gasteiger partial charge in [0.2, 0.25) is 0 Å². The number of phenolic OH excluding ortho intramolecular Hbond substituents is 1. The molecule has 0 unspecified atom stereocenters. The Morgan fingerprint density at radius 2 is 2.02 bits per heavy atom. The van der Waals surface area contributed by atoms with Crippen LogP contribution < -0.4 is 14.8 Å². The van der Waals surface area contributed by atoms with Gasteiger partial charge in [0.25, 0.3) is 10.0 Å². The van der Waals surface area contributed by atoms with E-state index in [2.05, 4.69) is 30.2 Å². The summed E-state index contributed by atoms with van der Waals surface area (Å²) in [5, 5.41) is 20.1. The lowest BCUT2D eigenvalue weighted by atomic mass is 10.1. The Hall–Kier alpha value is -4.20. The van der Waals surface area contributed by atoms with Gasteiger partial charge < -0.3 is 15.2 Å². The molecule has 5 aromatic rings. The molecular formula is C26H22ClFN6O4S2. The van der Waals surface area contributed by atoms with Crippen LogP contribution in [-0.2, 0) is 16.6 Å². The number of methoxy groups -OCH3 is 1. The lowest BCUT2D eigenvalue weighted by molar-refractivity contribution is 0.371. The number of aromatic amines is 1. The minimum atomic E-state index is -4.12. The minimum absolute atomic E-state index is 0.0190. The van der Waals surface area contributed by atoms with E-state index in [0.717, 1.165) is 11.3 Å². The number of hydrogen-bond acceptors (Lipinski definition) is 9. The van der Waals surface area contributed by atoms with Gasteiger partial charge >= 0.3 is 0 Å². The number of aromatic nitrogens is 4. The number of para-hydroxylation sites is 1. The predicted molar refractivity (Wildman–Crippen MR) is 152 cm³/mol. The molecule has 3 heterocycles. The normalized spacial score (nSPS) is 11.4. The van der Waals surface area contributed by atoms with Crippen molar-refractivity contribution < 1.29 is 22.7 Å². The number of aryl methyl sites for hydroxylation is 1. The van der Waals surface area contributed by atoms with Crippen molar-refractivity contribution in [2.75, 3.05) is 17.1 Å². The quantitative estimate of drug-likeness (QED) is 0.166. The number of benzene rings is 2. The molecule has 0 saturated carbocycles. The maximum Gasteiger partial charge on any atom is 0.281 e. The second-order valence-corrected chi connectivity index (χ2v) is 11.6. The van der Waals surface area contributed by atoms with Crippen LogP contribution in [0.1, 0.15) is 11.1 Å². The molecule has 0 aliphatic carbocycles. The number of thiazole rings is 1. The lowest BCUT2D eigenvalue weighted by Crippen LogP contribution is -2.16. The molecule has 0 amide bonds. The van der Waals surface area contributed by atoms with Gasteiger partial charge in [0.05, 0.1) is 34.6 Å². The van der Waals surface area contributed by atoms with E-state index in [4.69, 9.17) is 16.3 Å². The van der Waals surface area contributed by atoms with Crippen LogP contribution >= 0.6 is 22.9 Å². The van der Waals surface area contributed by atoms with Crippen molar-refractivity contribution in [1.29, 1.82) is 0 Å². The number of hydrogen-bond donors (Lipinski definition) is 4. The van der Waals surface area contributed by atoms with Gasteiger partial charge in [-0.3, -0.25) is 9.82 Å². The fourth-order valence-electron chi connectivity index (χ4n) is 3.94. The van der Waals surface area contributed by atoms with Crippen molar-refractivity contribution in [3.63, 3.8) is 0 Å². The second-order valence-electron chi connectivity index (χ2n) is 8.56. The third kappa shape index (κ3) is 5.57. The van der Waals surface area contributed by atoms with E-state index < -0.39 is 15.8 Å². The molecule has 5 rings (SSSR count). The molecule has 40 heavy (non-hydrogen) atoms. The zero-order chi connectivity index (χ0) is 28.4. The molecule has 0 bridgehead atoms. The molecule has 0 atom stereocenters. The van der Waals surface area contributed by atoms with E-state index in [1.807, 2.05) is 0 Å². The number of ether oxygens (including phenoxy) is 1. The summed E-state index contributed by atoms with van der Waals surface area (Å²) in [6.45, 7) is 1.89. The molecule has 0 aliphatic heterocycles. The Bertz CT molecular complexity index is 1800. The van der Waals surface area contributed by atoms with Crippen molar-refractivity contribution in [3.8, 4) is 33.3 Å². The summed E-state index contributed by atoms with van der Waals surface area (Å²) in [5.74, 6) is -0.211. The molecule has 3 aromatic heterocycles. The van der Waals surface area contributed by atoms with E-state index in [-0.39, 0.29) is 27.5 Å². The number of aromatic hydroxyl groups is 1. The van der Waals surface area contributed by atoms with Gasteiger partial charge in [-0.1, -0.05) is 35.1 Å². The van der Waals surface area contributed by atoms with Gasteiger partial charge in [-0.2, -0.15) is 13.5 Å². The SMILES string of the molecule is COc1cccc(CNc2cnc(S(=O)(=O)Nc3nc(-c4ccc(F)c(Cl)c4)c(-c4cc[nH]n4)s3)c(C)c2)c1O. The van der Waals surface area contributed by atoms with Crippen LogP contribution in [0.2, 0.25) is 5.02 Å². The number of halogens is 2. The zero-order valence-corrected chi connectivity index (χ0v) is 23.5. The summed E-state index contributed by atoms with van der Waals surface area (Å²) < 4.78 is 48.0. The first kappa shape index (κ1) is 27.4. The van der Waals surface area contributed by atoms with Crippen molar-refractivity contribution in [1.82, 2.24) is 20.2 Å². The summed E-state index contributed by atoms with van der Waals surface area (Å²) in [6.07, 6.45) is 3.01. The summed E-state index contributed by atoms with van der Waals surface area (Å²) >= 11 is 7.05. The molecule has 206 valence electrons. The average molecular weight is 601 g/mol. The van der Waals surface area contributed by atoms with E-state index >= 15 is 0 Å². The van der Waals surface area contributed by atoms with Crippen molar-refractivity contribution in [2.45, 2.75) is 18.5 Å². The topological polar surface area (TPSA) is 142 Å².